The zero-order valence-electron chi connectivity index (χ0n) is 22.7. The molecule has 0 unspecified atom stereocenters. The van der Waals surface area contributed by atoms with Crippen LogP contribution in [0.1, 0.15) is 49.9 Å². The number of phenols is 1. The largest absolute Gasteiger partial charge is 0.508 e. The number of thioether (sulfide) groups is 2. The van der Waals surface area contributed by atoms with E-state index in [0.717, 1.165) is 16.3 Å². The molecule has 0 saturated heterocycles. The number of amides is 2. The molecule has 3 atom stereocenters. The van der Waals surface area contributed by atoms with Gasteiger partial charge in [0.1, 0.15) is 39.2 Å². The van der Waals surface area contributed by atoms with Crippen molar-refractivity contribution in [3.05, 3.63) is 58.1 Å². The molecule has 2 aliphatic rings. The zero-order valence-corrected chi connectivity index (χ0v) is 25.2. The quantitative estimate of drug-likeness (QED) is 0.246. The molecule has 1 aromatic carbocycles. The molecule has 12 heteroatoms. The van der Waals surface area contributed by atoms with E-state index in [0.29, 0.717) is 28.7 Å². The van der Waals surface area contributed by atoms with E-state index in [2.05, 4.69) is 20.6 Å². The van der Waals surface area contributed by atoms with E-state index in [4.69, 9.17) is 4.74 Å². The number of aromatic hydroxyl groups is 1. The number of cyclic esters (lactones) is 1. The molecule has 3 heterocycles. The first-order valence-corrected chi connectivity index (χ1v) is 16.1. The maximum Gasteiger partial charge on any atom is 0.329 e. The van der Waals surface area contributed by atoms with Gasteiger partial charge in [-0.25, -0.2) is 9.78 Å². The summed E-state index contributed by atoms with van der Waals surface area (Å²) in [7, 11) is 0. The van der Waals surface area contributed by atoms with Gasteiger partial charge in [0.15, 0.2) is 0 Å². The van der Waals surface area contributed by atoms with Gasteiger partial charge in [-0.05, 0) is 37.2 Å². The van der Waals surface area contributed by atoms with Crippen molar-refractivity contribution in [1.29, 1.82) is 0 Å². The van der Waals surface area contributed by atoms with Crippen LogP contribution in [0.3, 0.4) is 0 Å². The summed E-state index contributed by atoms with van der Waals surface area (Å²) in [4.78, 5) is 48.6. The maximum absolute atomic E-state index is 13.3. The molecule has 2 aromatic rings. The predicted molar refractivity (Wildman–Crippen MR) is 161 cm³/mol. The van der Waals surface area contributed by atoms with Gasteiger partial charge >= 0.3 is 5.97 Å². The Morgan fingerprint density at radius 3 is 2.85 bits per heavy atom. The summed E-state index contributed by atoms with van der Waals surface area (Å²) in [5.41, 5.74) is 0.528. The third-order valence-electron chi connectivity index (χ3n) is 6.43. The number of nitrogens with zero attached hydrogens (tertiary/aromatic N) is 2. The van der Waals surface area contributed by atoms with Crippen molar-refractivity contribution in [3.8, 4) is 5.75 Å². The third-order valence-corrected chi connectivity index (χ3v) is 9.59. The van der Waals surface area contributed by atoms with Crippen LogP contribution >= 0.6 is 34.9 Å². The van der Waals surface area contributed by atoms with Gasteiger partial charge in [0, 0.05) is 22.4 Å². The highest BCUT2D eigenvalue weighted by Gasteiger charge is 2.41. The van der Waals surface area contributed by atoms with Crippen LogP contribution in [-0.4, -0.2) is 62.1 Å². The molecule has 4 rings (SSSR count). The van der Waals surface area contributed by atoms with E-state index in [1.165, 1.54) is 23.1 Å². The molecule has 3 N–H and O–H groups in total. The summed E-state index contributed by atoms with van der Waals surface area (Å²) >= 11 is 4.54. The Labute approximate surface area is 246 Å². The number of nitrogens with one attached hydrogen (secondary N) is 2. The normalized spacial score (nSPS) is 24.1. The lowest BCUT2D eigenvalue weighted by atomic mass is 10.0. The summed E-state index contributed by atoms with van der Waals surface area (Å²) < 4.78 is 5.78. The second-order valence-corrected chi connectivity index (χ2v) is 13.2. The van der Waals surface area contributed by atoms with Gasteiger partial charge in [0.05, 0.1) is 13.0 Å². The first-order chi connectivity index (χ1) is 19.1. The molecule has 2 amide bonds. The Bertz CT molecular complexity index is 1290. The molecule has 0 fully saturated rings. The van der Waals surface area contributed by atoms with Crippen molar-refractivity contribution < 1.29 is 24.2 Å². The second-order valence-electron chi connectivity index (χ2n) is 10.2. The number of aromatic nitrogens is 1. The van der Waals surface area contributed by atoms with E-state index in [1.807, 2.05) is 37.4 Å². The number of ether oxygens (including phenoxy) is 1. The predicted octanol–water partition coefficient (Wildman–Crippen LogP) is 4.05. The van der Waals surface area contributed by atoms with E-state index in [9.17, 15) is 19.5 Å². The number of fused-ring (bicyclic) bond motifs is 4. The average molecular weight is 603 g/mol. The van der Waals surface area contributed by atoms with E-state index in [-0.39, 0.29) is 36.4 Å². The van der Waals surface area contributed by atoms with Crippen molar-refractivity contribution in [2.24, 2.45) is 10.9 Å². The molecule has 9 nitrogen and oxygen atoms in total. The number of carbonyl (C=O) groups is 3. The Kier molecular flexibility index (Phi) is 10.3. The molecule has 1 aromatic heterocycles. The number of thiazole rings is 1. The van der Waals surface area contributed by atoms with Crippen molar-refractivity contribution in [2.75, 3.05) is 11.5 Å². The molecule has 0 radical (unpaired) electrons. The van der Waals surface area contributed by atoms with Gasteiger partial charge < -0.3 is 20.5 Å². The number of hydrogen-bond donors (Lipinski definition) is 3. The smallest absolute Gasteiger partial charge is 0.329 e. The summed E-state index contributed by atoms with van der Waals surface area (Å²) in [5, 5.41) is 18.9. The second kappa shape index (κ2) is 13.7. The van der Waals surface area contributed by atoms with Gasteiger partial charge in [-0.15, -0.1) is 23.1 Å². The minimum absolute atomic E-state index is 0.0511. The van der Waals surface area contributed by atoms with Crippen molar-refractivity contribution in [3.63, 3.8) is 0 Å². The van der Waals surface area contributed by atoms with Crippen molar-refractivity contribution in [1.82, 2.24) is 15.6 Å². The molecule has 0 spiro atoms. The summed E-state index contributed by atoms with van der Waals surface area (Å²) in [6.45, 7) is 5.67. The van der Waals surface area contributed by atoms with Crippen molar-refractivity contribution in [2.45, 2.75) is 63.6 Å². The number of esters is 1. The van der Waals surface area contributed by atoms with Crippen LogP contribution in [0.2, 0.25) is 0 Å². The number of hydrogen-bond acceptors (Lipinski definition) is 10. The highest BCUT2D eigenvalue weighted by atomic mass is 32.2. The molecular formula is C28H34N4O5S3. The van der Waals surface area contributed by atoms with E-state index >= 15 is 0 Å². The van der Waals surface area contributed by atoms with Crippen LogP contribution < -0.4 is 10.6 Å². The van der Waals surface area contributed by atoms with Crippen molar-refractivity contribution >= 4 is 57.7 Å². The summed E-state index contributed by atoms with van der Waals surface area (Å²) in [6.07, 6.45) is 3.47. The highest BCUT2D eigenvalue weighted by Crippen LogP contribution is 2.32. The maximum atomic E-state index is 13.3. The number of benzene rings is 1. The first kappa shape index (κ1) is 30.1. The number of aliphatic imine (C=N–C) groups is 1. The van der Waals surface area contributed by atoms with Crippen LogP contribution in [-0.2, 0) is 31.4 Å². The fourth-order valence-electron chi connectivity index (χ4n) is 4.04. The van der Waals surface area contributed by atoms with Gasteiger partial charge in [-0.1, -0.05) is 38.1 Å². The van der Waals surface area contributed by atoms with Gasteiger partial charge in [-0.2, -0.15) is 11.8 Å². The summed E-state index contributed by atoms with van der Waals surface area (Å²) in [6, 6.07) is 6.36. The number of para-hydroxylation sites is 1. The fraction of sp³-hybridized carbons (Fsp3) is 0.464. The average Bonchev–Trinajstić information content (AvgIpc) is 3.55. The van der Waals surface area contributed by atoms with Gasteiger partial charge in [0.2, 0.25) is 11.8 Å². The topological polar surface area (TPSA) is 130 Å². The van der Waals surface area contributed by atoms with E-state index in [1.54, 1.807) is 36.9 Å². The Balaban J connectivity index is 1.46. The molecule has 4 bridgehead atoms. The Hall–Kier alpha value is -2.83. The van der Waals surface area contributed by atoms with Crippen LogP contribution in [0, 0.1) is 5.92 Å². The SMILES string of the molecule is CC(C)[C@@H]1NC(=O)[C@]2(C)CSC(=N2)c2csc(n2)CNC(=O)C[C@@H](/C=C/CCSCc2ccccc2O)OC1=O. The van der Waals surface area contributed by atoms with Crippen LogP contribution in [0.25, 0.3) is 0 Å². The lowest BCUT2D eigenvalue weighted by molar-refractivity contribution is -0.153. The molecular weight excluding hydrogens is 569 g/mol. The fourth-order valence-corrected chi connectivity index (χ4v) is 6.88. The van der Waals surface area contributed by atoms with Gasteiger partial charge in [-0.3, -0.25) is 14.6 Å². The van der Waals surface area contributed by atoms with Crippen LogP contribution in [0.5, 0.6) is 5.75 Å². The first-order valence-electron chi connectivity index (χ1n) is 13.1. The molecule has 2 aliphatic heterocycles. The third kappa shape index (κ3) is 7.88. The van der Waals surface area contributed by atoms with E-state index < -0.39 is 23.7 Å². The van der Waals surface area contributed by atoms with Gasteiger partial charge in [0.25, 0.3) is 0 Å². The number of carbonyl (C=O) groups excluding carboxylic acids is 3. The van der Waals surface area contributed by atoms with Crippen LogP contribution in [0.4, 0.5) is 0 Å². The standard InChI is InChI=1S/C28H34N4O5S3/c1-17(2)24-26(35)37-19(9-6-7-11-38-14-18-8-4-5-10-21(18)33)12-22(34)29-13-23-30-20(15-39-23)25-32-28(3,16-40-25)27(36)31-24/h4-6,8-10,15,17,19,24,33H,7,11-14,16H2,1-3H3,(H,29,34)(H,31,36)/b9-6+/t19-,24+,28+/m1/s1. The minimum Gasteiger partial charge on any atom is -0.508 e. The lowest BCUT2D eigenvalue weighted by Crippen LogP contribution is -2.53. The molecule has 0 saturated carbocycles. The molecule has 40 heavy (non-hydrogen) atoms. The highest BCUT2D eigenvalue weighted by molar-refractivity contribution is 8.14. The number of phenolic OH excluding ortho intramolecular Hbond substituents is 1. The Morgan fingerprint density at radius 1 is 1.27 bits per heavy atom. The lowest BCUT2D eigenvalue weighted by Gasteiger charge is -2.27. The zero-order chi connectivity index (χ0) is 28.7. The Morgan fingerprint density at radius 2 is 2.08 bits per heavy atom. The molecule has 0 aliphatic carbocycles. The summed E-state index contributed by atoms with van der Waals surface area (Å²) in [5.74, 6) is 0.736. The number of rotatable bonds is 7. The minimum atomic E-state index is -1.03. The number of allylic oxidation sites excluding steroid dienone is 1. The van der Waals surface area contributed by atoms with Crippen LogP contribution in [0.15, 0.2) is 46.8 Å². The monoisotopic (exact) mass is 602 g/mol. The molecule has 214 valence electrons.